The van der Waals surface area contributed by atoms with Crippen LogP contribution in [0.2, 0.25) is 0 Å². The summed E-state index contributed by atoms with van der Waals surface area (Å²) in [6.45, 7) is 0.859. The number of nitrogens with zero attached hydrogens (tertiary/aromatic N) is 3. The molecule has 0 fully saturated rings. The van der Waals surface area contributed by atoms with Crippen molar-refractivity contribution in [3.8, 4) is 5.75 Å². The monoisotopic (exact) mass is 665 g/mol. The minimum atomic E-state index is -0.662. The number of hydrogen-bond donors (Lipinski definition) is 2. The molecular weight excluding hydrogens is 626 g/mol. The van der Waals surface area contributed by atoms with E-state index in [-0.39, 0.29) is 31.4 Å². The number of nitrogens with one attached hydrogen (secondary N) is 2. The Labute approximate surface area is 285 Å². The second-order valence-electron chi connectivity index (χ2n) is 11.1. The maximum Gasteiger partial charge on any atom is 0.319 e. The van der Waals surface area contributed by atoms with Crippen molar-refractivity contribution >= 4 is 52.5 Å². The molecule has 12 nitrogen and oxygen atoms in total. The molecule has 4 rings (SSSR count). The third-order valence-electron chi connectivity index (χ3n) is 7.62. The number of hydrogen-bond acceptors (Lipinski definition) is 7. The fourth-order valence-corrected chi connectivity index (χ4v) is 4.84. The summed E-state index contributed by atoms with van der Waals surface area (Å²) >= 11 is 0. The molecule has 0 aliphatic rings. The number of esters is 1. The van der Waals surface area contributed by atoms with Crippen molar-refractivity contribution in [2.45, 2.75) is 13.3 Å². The maximum absolute atomic E-state index is 13.6. The first kappa shape index (κ1) is 35.7. The molecule has 0 spiro atoms. The van der Waals surface area contributed by atoms with Crippen LogP contribution < -0.4 is 30.1 Å². The zero-order chi connectivity index (χ0) is 35.3. The average molecular weight is 666 g/mol. The van der Waals surface area contributed by atoms with E-state index in [1.54, 1.807) is 86.9 Å². The number of amides is 5. The van der Waals surface area contributed by atoms with Crippen LogP contribution in [0.3, 0.4) is 0 Å². The molecule has 0 saturated carbocycles. The number of benzene rings is 4. The highest BCUT2D eigenvalue weighted by Gasteiger charge is 2.23. The lowest BCUT2D eigenvalue weighted by Crippen LogP contribution is -2.46. The number of anilines is 4. The highest BCUT2D eigenvalue weighted by molar-refractivity contribution is 6.05. The molecule has 254 valence electrons. The van der Waals surface area contributed by atoms with Crippen molar-refractivity contribution in [1.82, 2.24) is 5.32 Å². The van der Waals surface area contributed by atoms with Gasteiger partial charge in [0.05, 0.1) is 20.1 Å². The van der Waals surface area contributed by atoms with Crippen molar-refractivity contribution in [3.05, 3.63) is 114 Å². The molecule has 0 radical (unpaired) electrons. The van der Waals surface area contributed by atoms with Crippen molar-refractivity contribution < 1.29 is 33.4 Å². The fraction of sp³-hybridized carbons (Fsp3) is 0.216. The summed E-state index contributed by atoms with van der Waals surface area (Å²) in [7, 11) is 4.57. The number of para-hydroxylation sites is 2. The molecule has 5 amide bonds. The zero-order valence-corrected chi connectivity index (χ0v) is 27.8. The van der Waals surface area contributed by atoms with Gasteiger partial charge < -0.3 is 34.8 Å². The van der Waals surface area contributed by atoms with E-state index in [1.807, 2.05) is 37.3 Å². The van der Waals surface area contributed by atoms with Gasteiger partial charge in [0.1, 0.15) is 12.3 Å². The van der Waals surface area contributed by atoms with Gasteiger partial charge in [-0.15, -0.1) is 0 Å². The number of rotatable bonds is 13. The van der Waals surface area contributed by atoms with Gasteiger partial charge in [0.2, 0.25) is 11.8 Å². The topological polar surface area (TPSA) is 138 Å². The van der Waals surface area contributed by atoms with E-state index in [0.717, 1.165) is 11.3 Å². The molecule has 0 aliphatic heterocycles. The lowest BCUT2D eigenvalue weighted by Gasteiger charge is -2.26. The van der Waals surface area contributed by atoms with E-state index >= 15 is 0 Å². The molecule has 0 heterocycles. The Kier molecular flexibility index (Phi) is 12.5. The van der Waals surface area contributed by atoms with Crippen LogP contribution in [0.15, 0.2) is 103 Å². The smallest absolute Gasteiger partial charge is 0.319 e. The Morgan fingerprint density at radius 2 is 1.41 bits per heavy atom. The highest BCUT2D eigenvalue weighted by Crippen LogP contribution is 2.23. The third kappa shape index (κ3) is 10.2. The van der Waals surface area contributed by atoms with Crippen molar-refractivity contribution in [1.29, 1.82) is 0 Å². The lowest BCUT2D eigenvalue weighted by molar-refractivity contribution is -0.139. The highest BCUT2D eigenvalue weighted by atomic mass is 16.5. The first-order chi connectivity index (χ1) is 23.5. The second-order valence-corrected chi connectivity index (χ2v) is 11.1. The summed E-state index contributed by atoms with van der Waals surface area (Å²) in [5, 5.41) is 5.18. The number of aryl methyl sites for hydroxylation is 1. The molecule has 4 aromatic rings. The van der Waals surface area contributed by atoms with Crippen LogP contribution in [0.5, 0.6) is 5.75 Å². The van der Waals surface area contributed by atoms with Crippen molar-refractivity contribution in [2.24, 2.45) is 0 Å². The molecule has 0 bridgehead atoms. The fourth-order valence-electron chi connectivity index (χ4n) is 4.84. The number of carbonyl (C=O) groups is 5. The molecule has 4 aromatic carbocycles. The second kappa shape index (κ2) is 17.1. The standard InChI is InChI=1S/C37H39N5O7/c1-26-12-8-9-19-32(26)41(3)35(45)25-49-31-18-11-17-30(22-31)42(24-34(44)40(2)29-15-6-5-7-16-29)33(43)23-38-37(47)39-28-14-10-13-27(20-28)21-36(46)48-4/h5-20,22H,21,23-25H2,1-4H3,(H2,38,39,47). The largest absolute Gasteiger partial charge is 0.484 e. The molecule has 0 unspecified atom stereocenters. The van der Waals surface area contributed by atoms with Gasteiger partial charge in [-0.3, -0.25) is 19.2 Å². The molecule has 2 N–H and O–H groups in total. The molecule has 0 aliphatic carbocycles. The number of urea groups is 1. The van der Waals surface area contributed by atoms with E-state index in [1.165, 1.54) is 21.8 Å². The van der Waals surface area contributed by atoms with Gasteiger partial charge in [0, 0.05) is 42.9 Å². The Morgan fingerprint density at radius 1 is 0.714 bits per heavy atom. The predicted octanol–water partition coefficient (Wildman–Crippen LogP) is 4.57. The van der Waals surface area contributed by atoms with Crippen LogP contribution in [0.4, 0.5) is 27.5 Å². The number of likely N-dealkylation sites (N-methyl/N-ethyl adjacent to an activating group) is 2. The average Bonchev–Trinajstić information content (AvgIpc) is 3.11. The lowest BCUT2D eigenvalue weighted by atomic mass is 10.1. The summed E-state index contributed by atoms with van der Waals surface area (Å²) in [6.07, 6.45) is 0.0346. The summed E-state index contributed by atoms with van der Waals surface area (Å²) < 4.78 is 10.5. The Bertz CT molecular complexity index is 1800. The first-order valence-electron chi connectivity index (χ1n) is 15.4. The third-order valence-corrected chi connectivity index (χ3v) is 7.62. The summed E-state index contributed by atoms with van der Waals surface area (Å²) in [4.78, 5) is 68.5. The SMILES string of the molecule is COC(=O)Cc1cccc(NC(=O)NCC(=O)N(CC(=O)N(C)c2ccccc2)c2cccc(OCC(=O)N(C)c3ccccc3C)c2)c1. The van der Waals surface area contributed by atoms with Crippen LogP contribution in [0, 0.1) is 6.92 Å². The van der Waals surface area contributed by atoms with Gasteiger partial charge in [-0.2, -0.15) is 0 Å². The van der Waals surface area contributed by atoms with Crippen LogP contribution in [0.25, 0.3) is 0 Å². The number of carbonyl (C=O) groups excluding carboxylic acids is 5. The molecule has 0 atom stereocenters. The van der Waals surface area contributed by atoms with Gasteiger partial charge in [0.15, 0.2) is 6.61 Å². The van der Waals surface area contributed by atoms with Gasteiger partial charge in [-0.05, 0) is 60.5 Å². The van der Waals surface area contributed by atoms with Gasteiger partial charge >= 0.3 is 12.0 Å². The van der Waals surface area contributed by atoms with Crippen LogP contribution >= 0.6 is 0 Å². The summed E-state index contributed by atoms with van der Waals surface area (Å²) in [5.74, 6) is -1.35. The van der Waals surface area contributed by atoms with Crippen LogP contribution in [0.1, 0.15) is 11.1 Å². The summed E-state index contributed by atoms with van der Waals surface area (Å²) in [6, 6.07) is 29.0. The number of methoxy groups -OCH3 is 1. The van der Waals surface area contributed by atoms with Gasteiger partial charge in [-0.1, -0.05) is 54.6 Å². The van der Waals surface area contributed by atoms with Crippen molar-refractivity contribution in [3.63, 3.8) is 0 Å². The van der Waals surface area contributed by atoms with E-state index < -0.39 is 24.5 Å². The normalized spacial score (nSPS) is 10.4. The predicted molar refractivity (Wildman–Crippen MR) is 188 cm³/mol. The van der Waals surface area contributed by atoms with Crippen molar-refractivity contribution in [2.75, 3.05) is 60.9 Å². The Morgan fingerprint density at radius 3 is 2.14 bits per heavy atom. The van der Waals surface area contributed by atoms with E-state index in [9.17, 15) is 24.0 Å². The molecule has 49 heavy (non-hydrogen) atoms. The van der Waals surface area contributed by atoms with Crippen LogP contribution in [-0.4, -0.2) is 70.6 Å². The van der Waals surface area contributed by atoms with Gasteiger partial charge in [-0.25, -0.2) is 4.79 Å². The minimum Gasteiger partial charge on any atom is -0.484 e. The molecule has 12 heteroatoms. The quantitative estimate of drug-likeness (QED) is 0.200. The van der Waals surface area contributed by atoms with Crippen LogP contribution in [-0.2, 0) is 30.3 Å². The molecular formula is C37H39N5O7. The first-order valence-corrected chi connectivity index (χ1v) is 15.4. The minimum absolute atomic E-state index is 0.0346. The number of ether oxygens (including phenoxy) is 2. The molecule has 0 saturated heterocycles. The molecule has 0 aromatic heterocycles. The Hall–Kier alpha value is -6.17. The summed E-state index contributed by atoms with van der Waals surface area (Å²) in [5.41, 5.74) is 3.71. The Balaban J connectivity index is 1.47. The maximum atomic E-state index is 13.6. The van der Waals surface area contributed by atoms with E-state index in [4.69, 9.17) is 9.47 Å². The van der Waals surface area contributed by atoms with E-state index in [0.29, 0.717) is 28.4 Å². The van der Waals surface area contributed by atoms with E-state index in [2.05, 4.69) is 10.6 Å². The van der Waals surface area contributed by atoms with Gasteiger partial charge in [0.25, 0.3) is 5.91 Å². The zero-order valence-electron chi connectivity index (χ0n) is 27.8.